The molecule has 6 nitrogen and oxygen atoms in total. The maximum atomic E-state index is 14.0. The number of hydrogen-bond acceptors (Lipinski definition) is 4. The molecule has 0 bridgehead atoms. The van der Waals surface area contributed by atoms with E-state index in [0.29, 0.717) is 17.2 Å². The highest BCUT2D eigenvalue weighted by molar-refractivity contribution is 5.89. The Morgan fingerprint density at radius 1 is 1.15 bits per heavy atom. The molecule has 0 amide bonds. The molecule has 140 valence electrons. The van der Waals surface area contributed by atoms with Crippen molar-refractivity contribution < 1.29 is 4.39 Å². The molecule has 4 rings (SSSR count). The summed E-state index contributed by atoms with van der Waals surface area (Å²) in [5, 5.41) is 0.850. The van der Waals surface area contributed by atoms with Crippen LogP contribution in [0.15, 0.2) is 43.0 Å². The van der Waals surface area contributed by atoms with Crippen molar-refractivity contribution in [3.63, 3.8) is 0 Å². The largest absolute Gasteiger partial charge is 0.383 e. The van der Waals surface area contributed by atoms with Gasteiger partial charge in [-0.25, -0.2) is 19.3 Å². The SMILES string of the molecule is CC.Cc1cn(C(C)c2cnc(-c3ccccc3F)[nH]2)c2ncnc(N)c12. The number of aryl methyl sites for hydroxylation is 1. The minimum Gasteiger partial charge on any atom is -0.383 e. The lowest BCUT2D eigenvalue weighted by atomic mass is 10.2. The zero-order valence-corrected chi connectivity index (χ0v) is 15.9. The van der Waals surface area contributed by atoms with Crippen molar-refractivity contribution in [2.45, 2.75) is 33.7 Å². The third-order valence-electron chi connectivity index (χ3n) is 4.42. The van der Waals surface area contributed by atoms with Crippen LogP contribution in [0.4, 0.5) is 10.2 Å². The number of H-pyrrole nitrogens is 1. The Morgan fingerprint density at radius 2 is 1.89 bits per heavy atom. The van der Waals surface area contributed by atoms with Crippen LogP contribution in [0.25, 0.3) is 22.4 Å². The summed E-state index contributed by atoms with van der Waals surface area (Å²) >= 11 is 0. The number of aromatic nitrogens is 5. The van der Waals surface area contributed by atoms with Crippen LogP contribution in [0.3, 0.4) is 0 Å². The lowest BCUT2D eigenvalue weighted by Gasteiger charge is -2.13. The molecule has 0 spiro atoms. The molecule has 0 saturated heterocycles. The maximum absolute atomic E-state index is 14.0. The van der Waals surface area contributed by atoms with E-state index in [1.165, 1.54) is 12.4 Å². The number of nitrogens with one attached hydrogen (secondary N) is 1. The number of nitrogens with two attached hydrogens (primary N) is 1. The van der Waals surface area contributed by atoms with Crippen LogP contribution in [0.1, 0.15) is 38.1 Å². The predicted octanol–water partition coefficient (Wildman–Crippen LogP) is 4.49. The number of anilines is 1. The normalized spacial score (nSPS) is 11.9. The zero-order chi connectivity index (χ0) is 19.6. The molecule has 3 aromatic heterocycles. The molecule has 1 atom stereocenters. The molecule has 0 aliphatic carbocycles. The lowest BCUT2D eigenvalue weighted by molar-refractivity contribution is 0.628. The number of benzene rings is 1. The Hall–Kier alpha value is -3.22. The summed E-state index contributed by atoms with van der Waals surface area (Å²) in [6.07, 6.45) is 5.17. The number of halogens is 1. The number of rotatable bonds is 3. The molecular formula is C20H23FN6. The first-order chi connectivity index (χ1) is 13.1. The average molecular weight is 366 g/mol. The third kappa shape index (κ3) is 3.28. The summed E-state index contributed by atoms with van der Waals surface area (Å²) in [6.45, 7) is 8.00. The van der Waals surface area contributed by atoms with Gasteiger partial charge in [0.2, 0.25) is 0 Å². The summed E-state index contributed by atoms with van der Waals surface area (Å²) in [6, 6.07) is 6.49. The second-order valence-electron chi connectivity index (χ2n) is 6.02. The van der Waals surface area contributed by atoms with Gasteiger partial charge < -0.3 is 15.3 Å². The minimum atomic E-state index is -0.307. The molecule has 0 fully saturated rings. The van der Waals surface area contributed by atoms with Crippen molar-refractivity contribution in [3.8, 4) is 11.4 Å². The lowest BCUT2D eigenvalue weighted by Crippen LogP contribution is -2.07. The fourth-order valence-corrected chi connectivity index (χ4v) is 3.08. The molecule has 1 aromatic carbocycles. The van der Waals surface area contributed by atoms with Crippen molar-refractivity contribution in [1.82, 2.24) is 24.5 Å². The van der Waals surface area contributed by atoms with Crippen molar-refractivity contribution in [2.75, 3.05) is 5.73 Å². The molecule has 3 N–H and O–H groups in total. The van der Waals surface area contributed by atoms with Crippen LogP contribution in [-0.4, -0.2) is 24.5 Å². The fourth-order valence-electron chi connectivity index (χ4n) is 3.08. The van der Waals surface area contributed by atoms with Gasteiger partial charge in [-0.15, -0.1) is 0 Å². The smallest absolute Gasteiger partial charge is 0.146 e. The van der Waals surface area contributed by atoms with Gasteiger partial charge in [-0.2, -0.15) is 0 Å². The highest BCUT2D eigenvalue weighted by Gasteiger charge is 2.18. The molecular weight excluding hydrogens is 343 g/mol. The molecule has 0 aliphatic rings. The Labute approximate surface area is 157 Å². The van der Waals surface area contributed by atoms with E-state index in [-0.39, 0.29) is 11.9 Å². The molecule has 0 radical (unpaired) electrons. The standard InChI is InChI=1S/C18H17FN6.C2H6/c1-10-8-25(18-15(10)16(20)22-9-23-18)11(2)14-7-21-17(24-14)12-5-3-4-6-13(12)19;1-2/h3-9,11H,1-2H3,(H,21,24)(H2,20,22,23);1-2H3. The number of nitrogen functional groups attached to an aromatic ring is 1. The van der Waals surface area contributed by atoms with Gasteiger partial charge in [0.1, 0.15) is 29.4 Å². The first-order valence-electron chi connectivity index (χ1n) is 8.93. The van der Waals surface area contributed by atoms with Crippen molar-refractivity contribution >= 4 is 16.9 Å². The first-order valence-corrected chi connectivity index (χ1v) is 8.93. The summed E-state index contributed by atoms with van der Waals surface area (Å²) in [5.74, 6) is 0.659. The van der Waals surface area contributed by atoms with Gasteiger partial charge in [-0.1, -0.05) is 26.0 Å². The highest BCUT2D eigenvalue weighted by Crippen LogP contribution is 2.29. The Bertz CT molecular complexity index is 1070. The molecule has 3 heterocycles. The van der Waals surface area contributed by atoms with E-state index in [9.17, 15) is 4.39 Å². The summed E-state index contributed by atoms with van der Waals surface area (Å²) < 4.78 is 16.0. The number of imidazole rings is 1. The maximum Gasteiger partial charge on any atom is 0.146 e. The van der Waals surface area contributed by atoms with Gasteiger partial charge in [-0.05, 0) is 31.5 Å². The molecule has 0 saturated carbocycles. The van der Waals surface area contributed by atoms with E-state index < -0.39 is 0 Å². The fraction of sp³-hybridized carbons (Fsp3) is 0.250. The molecule has 27 heavy (non-hydrogen) atoms. The van der Waals surface area contributed by atoms with Gasteiger partial charge in [0.25, 0.3) is 0 Å². The van der Waals surface area contributed by atoms with Gasteiger partial charge in [0.05, 0.1) is 28.9 Å². The number of nitrogens with zero attached hydrogens (tertiary/aromatic N) is 4. The van der Waals surface area contributed by atoms with Crippen LogP contribution >= 0.6 is 0 Å². The predicted molar refractivity (Wildman–Crippen MR) is 106 cm³/mol. The summed E-state index contributed by atoms with van der Waals surface area (Å²) in [7, 11) is 0. The molecule has 0 aliphatic heterocycles. The number of hydrogen-bond donors (Lipinski definition) is 2. The van der Waals surface area contributed by atoms with Crippen LogP contribution in [0.2, 0.25) is 0 Å². The highest BCUT2D eigenvalue weighted by atomic mass is 19.1. The zero-order valence-electron chi connectivity index (χ0n) is 15.9. The van der Waals surface area contributed by atoms with Crippen LogP contribution in [-0.2, 0) is 0 Å². The molecule has 4 aromatic rings. The van der Waals surface area contributed by atoms with Crippen LogP contribution < -0.4 is 5.73 Å². The second-order valence-corrected chi connectivity index (χ2v) is 6.02. The van der Waals surface area contributed by atoms with Gasteiger partial charge >= 0.3 is 0 Å². The van der Waals surface area contributed by atoms with E-state index in [1.54, 1.807) is 24.4 Å². The number of fused-ring (bicyclic) bond motifs is 1. The minimum absolute atomic E-state index is 0.0708. The average Bonchev–Trinajstić information content (AvgIpc) is 3.29. The van der Waals surface area contributed by atoms with E-state index >= 15 is 0 Å². The Kier molecular flexibility index (Phi) is 5.21. The van der Waals surface area contributed by atoms with E-state index in [0.717, 1.165) is 22.3 Å². The Balaban J connectivity index is 0.00000102. The van der Waals surface area contributed by atoms with Crippen LogP contribution in [0, 0.1) is 12.7 Å². The molecule has 1 unspecified atom stereocenters. The summed E-state index contributed by atoms with van der Waals surface area (Å²) in [4.78, 5) is 16.0. The van der Waals surface area contributed by atoms with Crippen molar-refractivity contribution in [2.24, 2.45) is 0 Å². The third-order valence-corrected chi connectivity index (χ3v) is 4.42. The number of aromatic amines is 1. The van der Waals surface area contributed by atoms with Crippen molar-refractivity contribution in [3.05, 3.63) is 60.1 Å². The first kappa shape index (κ1) is 18.6. The van der Waals surface area contributed by atoms with Crippen molar-refractivity contribution in [1.29, 1.82) is 0 Å². The van der Waals surface area contributed by atoms with Gasteiger partial charge in [-0.3, -0.25) is 0 Å². The Morgan fingerprint density at radius 3 is 2.63 bits per heavy atom. The van der Waals surface area contributed by atoms with Gasteiger partial charge in [0.15, 0.2) is 0 Å². The van der Waals surface area contributed by atoms with E-state index in [2.05, 4.69) is 19.9 Å². The topological polar surface area (TPSA) is 85.4 Å². The van der Waals surface area contributed by atoms with E-state index in [1.807, 2.05) is 38.5 Å². The quantitative estimate of drug-likeness (QED) is 0.559. The summed E-state index contributed by atoms with van der Waals surface area (Å²) in [5.41, 5.74) is 9.05. The van der Waals surface area contributed by atoms with E-state index in [4.69, 9.17) is 5.73 Å². The monoisotopic (exact) mass is 366 g/mol. The van der Waals surface area contributed by atoms with Gasteiger partial charge in [0, 0.05) is 6.20 Å². The molecule has 7 heteroatoms. The van der Waals surface area contributed by atoms with Crippen LogP contribution in [0.5, 0.6) is 0 Å². The second kappa shape index (κ2) is 7.57.